The van der Waals surface area contributed by atoms with E-state index in [0.717, 1.165) is 41.6 Å². The van der Waals surface area contributed by atoms with Gasteiger partial charge in [-0.3, -0.25) is 14.4 Å². The molecule has 0 unspecified atom stereocenters. The Kier molecular flexibility index (Phi) is 8.99. The van der Waals surface area contributed by atoms with E-state index < -0.39 is 5.91 Å². The van der Waals surface area contributed by atoms with Crippen LogP contribution in [0, 0.1) is 18.3 Å². The van der Waals surface area contributed by atoms with Crippen molar-refractivity contribution in [3.05, 3.63) is 81.7 Å². The number of carbonyl (C=O) groups is 2. The number of pyridine rings is 1. The molecule has 4 heterocycles. The van der Waals surface area contributed by atoms with Gasteiger partial charge >= 0.3 is 0 Å². The summed E-state index contributed by atoms with van der Waals surface area (Å²) >= 11 is 0. The van der Waals surface area contributed by atoms with Gasteiger partial charge in [0.25, 0.3) is 5.91 Å². The Bertz CT molecular complexity index is 1840. The number of anilines is 2. The molecule has 1 fully saturated rings. The van der Waals surface area contributed by atoms with Crippen molar-refractivity contribution in [3.63, 3.8) is 0 Å². The van der Waals surface area contributed by atoms with Crippen LogP contribution in [0.5, 0.6) is 0 Å². The van der Waals surface area contributed by atoms with Crippen molar-refractivity contribution in [3.8, 4) is 11.1 Å². The molecular formula is C34H40N8O3. The minimum atomic E-state index is -0.511. The summed E-state index contributed by atoms with van der Waals surface area (Å²) in [5, 5.41) is 14.7. The summed E-state index contributed by atoms with van der Waals surface area (Å²) in [6.07, 6.45) is 8.84. The monoisotopic (exact) mass is 608 g/mol. The summed E-state index contributed by atoms with van der Waals surface area (Å²) in [7, 11) is 0. The predicted molar refractivity (Wildman–Crippen MR) is 178 cm³/mol. The minimum Gasteiger partial charge on any atom is -0.382 e. The number of aromatic nitrogens is 4. The zero-order valence-corrected chi connectivity index (χ0v) is 26.4. The number of allylic oxidation sites excluding steroid dienone is 1. The molecular weight excluding hydrogens is 568 g/mol. The van der Waals surface area contributed by atoms with Gasteiger partial charge < -0.3 is 25.9 Å². The highest BCUT2D eigenvalue weighted by molar-refractivity contribution is 6.04. The lowest BCUT2D eigenvalue weighted by Crippen LogP contribution is -2.40. The lowest BCUT2D eigenvalue weighted by Gasteiger charge is -2.33. The standard InChI is InChI=1S/C34H40N8O3/c1-20(2)34(45)40-15-12-24(13-16-40)29-17-27(30-32(36)37-19-38-42(29)30)23-8-10-25(11-9-23)39-33(44)28-18-41(21(3)4)22(5)26(31(28)43)7-6-14-35/h6-11,14,17-21,24,35H,12-13,15-16H2,1-5H3,(H,39,44)(H2,36,37,38)/b7-6+,35-14?. The second kappa shape index (κ2) is 12.9. The van der Waals surface area contributed by atoms with Crippen LogP contribution in [-0.2, 0) is 4.79 Å². The first-order chi connectivity index (χ1) is 21.5. The number of carbonyl (C=O) groups excluding carboxylic acids is 2. The molecule has 234 valence electrons. The first kappa shape index (κ1) is 31.4. The SMILES string of the molecule is Cc1c(/C=C/C=N)c(=O)c(C(=O)Nc2ccc(-c3cc(C4CCN(C(=O)C(C)C)CC4)n4ncnc(N)c34)cc2)cn1C(C)C. The highest BCUT2D eigenvalue weighted by Gasteiger charge is 2.28. The second-order valence-corrected chi connectivity index (χ2v) is 12.1. The van der Waals surface area contributed by atoms with E-state index in [4.69, 9.17) is 11.1 Å². The molecule has 5 rings (SSSR count). The van der Waals surface area contributed by atoms with Crippen molar-refractivity contribution in [2.24, 2.45) is 5.92 Å². The Morgan fingerprint density at radius 2 is 1.80 bits per heavy atom. The Morgan fingerprint density at radius 1 is 1.11 bits per heavy atom. The van der Waals surface area contributed by atoms with Crippen molar-refractivity contribution in [2.75, 3.05) is 24.1 Å². The molecule has 0 bridgehead atoms. The van der Waals surface area contributed by atoms with Gasteiger partial charge in [-0.2, -0.15) is 5.10 Å². The molecule has 0 radical (unpaired) electrons. The number of amides is 2. The number of benzene rings is 1. The Hall–Kier alpha value is -5.06. The third-order valence-corrected chi connectivity index (χ3v) is 8.48. The summed E-state index contributed by atoms with van der Waals surface area (Å²) < 4.78 is 3.75. The maximum Gasteiger partial charge on any atom is 0.261 e. The zero-order valence-electron chi connectivity index (χ0n) is 26.4. The van der Waals surface area contributed by atoms with E-state index in [1.807, 2.05) is 60.7 Å². The van der Waals surface area contributed by atoms with Gasteiger partial charge in [0.05, 0.1) is 0 Å². The van der Waals surface area contributed by atoms with E-state index in [2.05, 4.69) is 21.5 Å². The molecule has 0 spiro atoms. The molecule has 4 aromatic rings. The van der Waals surface area contributed by atoms with Gasteiger partial charge in [-0.15, -0.1) is 0 Å². The third kappa shape index (κ3) is 6.15. The third-order valence-electron chi connectivity index (χ3n) is 8.48. The van der Waals surface area contributed by atoms with Crippen molar-refractivity contribution < 1.29 is 9.59 Å². The number of nitrogen functional groups attached to an aromatic ring is 1. The molecule has 1 aliphatic heterocycles. The van der Waals surface area contributed by atoms with Crippen molar-refractivity contribution in [2.45, 2.75) is 59.4 Å². The summed E-state index contributed by atoms with van der Waals surface area (Å²) in [6.45, 7) is 11.0. The summed E-state index contributed by atoms with van der Waals surface area (Å²) in [6, 6.07) is 9.49. The van der Waals surface area contributed by atoms with E-state index in [0.29, 0.717) is 35.7 Å². The number of piperidine rings is 1. The van der Waals surface area contributed by atoms with Crippen LogP contribution in [0.4, 0.5) is 11.5 Å². The molecule has 4 N–H and O–H groups in total. The van der Waals surface area contributed by atoms with Gasteiger partial charge in [0.1, 0.15) is 17.4 Å². The average Bonchev–Trinajstić information content (AvgIpc) is 3.42. The first-order valence-corrected chi connectivity index (χ1v) is 15.3. The van der Waals surface area contributed by atoms with E-state index in [9.17, 15) is 14.4 Å². The fourth-order valence-electron chi connectivity index (χ4n) is 6.08. The molecule has 11 nitrogen and oxygen atoms in total. The lowest BCUT2D eigenvalue weighted by molar-refractivity contribution is -0.135. The summed E-state index contributed by atoms with van der Waals surface area (Å²) in [5.41, 5.74) is 11.1. The largest absolute Gasteiger partial charge is 0.382 e. The van der Waals surface area contributed by atoms with Gasteiger partial charge in [-0.25, -0.2) is 9.50 Å². The lowest BCUT2D eigenvalue weighted by atomic mass is 9.92. The van der Waals surface area contributed by atoms with E-state index in [-0.39, 0.29) is 34.8 Å². The van der Waals surface area contributed by atoms with Crippen LogP contribution < -0.4 is 16.5 Å². The fraction of sp³-hybridized carbons (Fsp3) is 0.353. The van der Waals surface area contributed by atoms with Crippen LogP contribution >= 0.6 is 0 Å². The van der Waals surface area contributed by atoms with Crippen LogP contribution in [0.2, 0.25) is 0 Å². The summed E-state index contributed by atoms with van der Waals surface area (Å²) in [5.74, 6) is 0.220. The van der Waals surface area contributed by atoms with Crippen molar-refractivity contribution >= 4 is 41.1 Å². The van der Waals surface area contributed by atoms with Gasteiger partial charge in [-0.05, 0) is 69.5 Å². The number of nitrogens with two attached hydrogens (primary N) is 1. The average molecular weight is 609 g/mol. The van der Waals surface area contributed by atoms with Crippen LogP contribution in [0.25, 0.3) is 22.7 Å². The maximum atomic E-state index is 13.3. The molecule has 0 atom stereocenters. The Balaban J connectivity index is 1.42. The molecule has 3 aromatic heterocycles. The topological polar surface area (TPSA) is 151 Å². The van der Waals surface area contributed by atoms with Crippen LogP contribution in [-0.4, -0.2) is 55.2 Å². The molecule has 2 amide bonds. The molecule has 1 saturated heterocycles. The smallest absolute Gasteiger partial charge is 0.261 e. The zero-order chi connectivity index (χ0) is 32.4. The van der Waals surface area contributed by atoms with Gasteiger partial charge in [0.2, 0.25) is 11.3 Å². The molecule has 0 aliphatic carbocycles. The number of likely N-dealkylation sites (tertiary alicyclic amines) is 1. The van der Waals surface area contributed by atoms with Gasteiger partial charge in [-0.1, -0.05) is 26.0 Å². The fourth-order valence-corrected chi connectivity index (χ4v) is 6.08. The number of rotatable bonds is 8. The maximum absolute atomic E-state index is 13.3. The van der Waals surface area contributed by atoms with Crippen LogP contribution in [0.1, 0.15) is 79.8 Å². The predicted octanol–water partition coefficient (Wildman–Crippen LogP) is 5.31. The first-order valence-electron chi connectivity index (χ1n) is 15.3. The number of nitrogens with zero attached hydrogens (tertiary/aromatic N) is 5. The number of nitrogens with one attached hydrogen (secondary N) is 2. The van der Waals surface area contributed by atoms with E-state index in [1.165, 1.54) is 12.4 Å². The quantitative estimate of drug-likeness (QED) is 0.231. The Labute approximate surface area is 262 Å². The van der Waals surface area contributed by atoms with Crippen LogP contribution in [0.15, 0.2) is 53.7 Å². The molecule has 1 aliphatic rings. The van der Waals surface area contributed by atoms with Crippen molar-refractivity contribution in [1.82, 2.24) is 24.1 Å². The normalized spacial score (nSPS) is 14.2. The molecule has 0 saturated carbocycles. The van der Waals surface area contributed by atoms with E-state index >= 15 is 0 Å². The number of hydrogen-bond donors (Lipinski definition) is 3. The highest BCUT2D eigenvalue weighted by Crippen LogP contribution is 2.37. The second-order valence-electron chi connectivity index (χ2n) is 12.1. The number of hydrogen-bond acceptors (Lipinski definition) is 7. The molecule has 11 heteroatoms. The highest BCUT2D eigenvalue weighted by atomic mass is 16.2. The molecule has 45 heavy (non-hydrogen) atoms. The minimum absolute atomic E-state index is 0.0225. The summed E-state index contributed by atoms with van der Waals surface area (Å²) in [4.78, 5) is 45.3. The Morgan fingerprint density at radius 3 is 2.42 bits per heavy atom. The van der Waals surface area contributed by atoms with E-state index in [1.54, 1.807) is 24.4 Å². The molecule has 1 aromatic carbocycles. The van der Waals surface area contributed by atoms with Crippen LogP contribution in [0.3, 0.4) is 0 Å². The van der Waals surface area contributed by atoms with Gasteiger partial charge in [0, 0.05) is 71.6 Å². The van der Waals surface area contributed by atoms with Gasteiger partial charge in [0.15, 0.2) is 5.82 Å². The number of fused-ring (bicyclic) bond motifs is 1. The van der Waals surface area contributed by atoms with Crippen molar-refractivity contribution in [1.29, 1.82) is 5.41 Å².